The van der Waals surface area contributed by atoms with E-state index in [1.807, 2.05) is 0 Å². The highest BCUT2D eigenvalue weighted by Crippen LogP contribution is 2.30. The van der Waals surface area contributed by atoms with Gasteiger partial charge >= 0.3 is 0 Å². The fourth-order valence-corrected chi connectivity index (χ4v) is 3.43. The zero-order valence-electron chi connectivity index (χ0n) is 16.5. The predicted octanol–water partition coefficient (Wildman–Crippen LogP) is -3.40. The van der Waals surface area contributed by atoms with Crippen molar-refractivity contribution in [3.63, 3.8) is 0 Å². The summed E-state index contributed by atoms with van der Waals surface area (Å²) in [5.41, 5.74) is -0.191. The van der Waals surface area contributed by atoms with Gasteiger partial charge in [-0.05, 0) is 12.1 Å². The number of aliphatic hydroxyl groups excluding tert-OH is 7. The van der Waals surface area contributed by atoms with Gasteiger partial charge in [-0.15, -0.1) is 0 Å². The standard InChI is InChI=1S/C18H25NO13/c20-5-9-11(22)12(23)14(25)18(30-9)32-16-10(6-21)31-17(15(26)13(16)24)29-8-3-1-7(2-4-8)19(27)28/h1-4,9-18,20-26H,5-6H2/t9-,10+,11-,12+,13-,14+,15+,16+,17+,18-/m0/s1. The van der Waals surface area contributed by atoms with Crippen LogP contribution in [0.3, 0.4) is 0 Å². The number of hydrogen-bond acceptors (Lipinski definition) is 13. The van der Waals surface area contributed by atoms with Gasteiger partial charge in [0.05, 0.1) is 18.1 Å². The molecule has 0 bridgehead atoms. The first-order chi connectivity index (χ1) is 15.2. The fourth-order valence-electron chi connectivity index (χ4n) is 3.43. The van der Waals surface area contributed by atoms with E-state index < -0.39 is 79.5 Å². The molecule has 0 amide bonds. The van der Waals surface area contributed by atoms with Crippen molar-refractivity contribution in [2.45, 2.75) is 61.4 Å². The van der Waals surface area contributed by atoms with E-state index in [9.17, 15) is 45.9 Å². The number of nitro groups is 1. The second kappa shape index (κ2) is 10.3. The minimum Gasteiger partial charge on any atom is -0.462 e. The molecule has 2 aliphatic rings. The van der Waals surface area contributed by atoms with Crippen LogP contribution in [0, 0.1) is 10.1 Å². The number of nitrogens with zero attached hydrogens (tertiary/aromatic N) is 1. The first kappa shape index (κ1) is 24.7. The van der Waals surface area contributed by atoms with Crippen molar-refractivity contribution in [2.24, 2.45) is 0 Å². The van der Waals surface area contributed by atoms with E-state index in [4.69, 9.17) is 18.9 Å². The van der Waals surface area contributed by atoms with Crippen molar-refractivity contribution in [3.8, 4) is 5.75 Å². The monoisotopic (exact) mass is 463 g/mol. The number of non-ortho nitro benzene ring substituents is 1. The van der Waals surface area contributed by atoms with Gasteiger partial charge in [0.25, 0.3) is 5.69 Å². The fraction of sp³-hybridized carbons (Fsp3) is 0.667. The maximum absolute atomic E-state index is 10.7. The summed E-state index contributed by atoms with van der Waals surface area (Å²) in [4.78, 5) is 10.1. The number of benzene rings is 1. The van der Waals surface area contributed by atoms with E-state index in [2.05, 4.69) is 0 Å². The first-order valence-corrected chi connectivity index (χ1v) is 9.67. The molecule has 10 atom stereocenters. The van der Waals surface area contributed by atoms with Crippen LogP contribution in [0.25, 0.3) is 0 Å². The molecule has 0 unspecified atom stereocenters. The summed E-state index contributed by atoms with van der Waals surface area (Å²) in [6, 6.07) is 4.83. The van der Waals surface area contributed by atoms with Gasteiger partial charge in [0.2, 0.25) is 6.29 Å². The van der Waals surface area contributed by atoms with Crippen LogP contribution in [0.4, 0.5) is 5.69 Å². The molecule has 0 radical (unpaired) electrons. The normalized spacial score (nSPS) is 40.1. The van der Waals surface area contributed by atoms with Crippen LogP contribution < -0.4 is 4.74 Å². The average molecular weight is 463 g/mol. The Kier molecular flexibility index (Phi) is 7.94. The molecule has 0 aromatic heterocycles. The van der Waals surface area contributed by atoms with Crippen LogP contribution in [0.15, 0.2) is 24.3 Å². The first-order valence-electron chi connectivity index (χ1n) is 9.67. The molecule has 32 heavy (non-hydrogen) atoms. The topological polar surface area (TPSA) is 222 Å². The molecule has 14 nitrogen and oxygen atoms in total. The van der Waals surface area contributed by atoms with E-state index in [1.165, 1.54) is 12.1 Å². The van der Waals surface area contributed by atoms with Gasteiger partial charge in [-0.3, -0.25) is 10.1 Å². The Morgan fingerprint density at radius 2 is 1.38 bits per heavy atom. The Hall–Kier alpha value is -1.98. The van der Waals surface area contributed by atoms with Crippen LogP contribution >= 0.6 is 0 Å². The Morgan fingerprint density at radius 1 is 0.812 bits per heavy atom. The Labute approximate surface area is 180 Å². The largest absolute Gasteiger partial charge is 0.462 e. The highest BCUT2D eigenvalue weighted by molar-refractivity contribution is 5.36. The number of ether oxygens (including phenoxy) is 4. The highest BCUT2D eigenvalue weighted by Gasteiger charge is 2.51. The third-order valence-corrected chi connectivity index (χ3v) is 5.26. The number of aliphatic hydroxyl groups is 7. The second-order valence-electron chi connectivity index (χ2n) is 7.37. The van der Waals surface area contributed by atoms with Crippen molar-refractivity contribution in [3.05, 3.63) is 34.4 Å². The van der Waals surface area contributed by atoms with E-state index in [-0.39, 0.29) is 11.4 Å². The number of rotatable bonds is 7. The molecule has 2 heterocycles. The van der Waals surface area contributed by atoms with Crippen LogP contribution in [0.2, 0.25) is 0 Å². The van der Waals surface area contributed by atoms with Gasteiger partial charge in [0.15, 0.2) is 6.29 Å². The molecule has 1 aromatic carbocycles. The van der Waals surface area contributed by atoms with Gasteiger partial charge in [0, 0.05) is 12.1 Å². The van der Waals surface area contributed by atoms with Crippen molar-refractivity contribution >= 4 is 5.69 Å². The second-order valence-corrected chi connectivity index (χ2v) is 7.37. The molecule has 0 spiro atoms. The molecule has 7 N–H and O–H groups in total. The lowest BCUT2D eigenvalue weighted by atomic mass is 9.97. The predicted molar refractivity (Wildman–Crippen MR) is 100 cm³/mol. The quantitative estimate of drug-likeness (QED) is 0.155. The molecule has 1 aromatic rings. The minimum absolute atomic E-state index is 0.0804. The summed E-state index contributed by atoms with van der Waals surface area (Å²) >= 11 is 0. The van der Waals surface area contributed by atoms with Crippen LogP contribution in [-0.4, -0.2) is 115 Å². The number of nitro benzene ring substituents is 1. The smallest absolute Gasteiger partial charge is 0.269 e. The summed E-state index contributed by atoms with van der Waals surface area (Å²) in [5.74, 6) is 0.0804. The molecule has 2 fully saturated rings. The third-order valence-electron chi connectivity index (χ3n) is 5.26. The van der Waals surface area contributed by atoms with Crippen LogP contribution in [0.5, 0.6) is 5.75 Å². The lowest BCUT2D eigenvalue weighted by Crippen LogP contribution is -2.65. The Bertz CT molecular complexity index is 760. The molecular formula is C18H25NO13. The van der Waals surface area contributed by atoms with Gasteiger partial charge in [-0.2, -0.15) is 0 Å². The lowest BCUT2D eigenvalue weighted by Gasteiger charge is -2.45. The number of hydrogen-bond donors (Lipinski definition) is 7. The van der Waals surface area contributed by atoms with Gasteiger partial charge in [-0.25, -0.2) is 0 Å². The Morgan fingerprint density at radius 3 is 1.94 bits per heavy atom. The molecule has 0 saturated carbocycles. The van der Waals surface area contributed by atoms with E-state index >= 15 is 0 Å². The molecule has 3 rings (SSSR count). The van der Waals surface area contributed by atoms with Gasteiger partial charge in [0.1, 0.15) is 54.6 Å². The van der Waals surface area contributed by atoms with Crippen molar-refractivity contribution in [1.29, 1.82) is 0 Å². The summed E-state index contributed by atoms with van der Waals surface area (Å²) in [6.45, 7) is -1.42. The Balaban J connectivity index is 1.70. The summed E-state index contributed by atoms with van der Waals surface area (Å²) in [6.07, 6.45) is -15.7. The zero-order chi connectivity index (χ0) is 23.6. The summed E-state index contributed by atoms with van der Waals surface area (Å²) in [5, 5.41) is 80.4. The molecule has 0 aliphatic carbocycles. The van der Waals surface area contributed by atoms with E-state index in [0.29, 0.717) is 0 Å². The lowest BCUT2D eigenvalue weighted by molar-refractivity contribution is -0.384. The van der Waals surface area contributed by atoms with Gasteiger partial charge in [-0.1, -0.05) is 0 Å². The molecular weight excluding hydrogens is 438 g/mol. The van der Waals surface area contributed by atoms with Crippen LogP contribution in [0.1, 0.15) is 0 Å². The van der Waals surface area contributed by atoms with Gasteiger partial charge < -0.3 is 54.7 Å². The SMILES string of the molecule is O=[N+]([O-])c1ccc(O[C@@H]2O[C@H](CO)[C@@H](O[C@@H]3O[C@@H](CO)[C@H](O)[C@@H](O)[C@H]3O)[C@@H](O)[C@H]2O)cc1. The van der Waals surface area contributed by atoms with E-state index in [0.717, 1.165) is 12.1 Å². The summed E-state index contributed by atoms with van der Waals surface area (Å²) in [7, 11) is 0. The maximum Gasteiger partial charge on any atom is 0.269 e. The molecule has 14 heteroatoms. The molecule has 180 valence electrons. The third kappa shape index (κ3) is 4.99. The van der Waals surface area contributed by atoms with E-state index in [1.54, 1.807) is 0 Å². The van der Waals surface area contributed by atoms with Crippen molar-refractivity contribution in [1.82, 2.24) is 0 Å². The average Bonchev–Trinajstić information content (AvgIpc) is 2.79. The zero-order valence-corrected chi connectivity index (χ0v) is 16.5. The van der Waals surface area contributed by atoms with Crippen LogP contribution in [-0.2, 0) is 14.2 Å². The maximum atomic E-state index is 10.7. The highest BCUT2D eigenvalue weighted by atomic mass is 16.7. The van der Waals surface area contributed by atoms with Crippen molar-refractivity contribution < 1.29 is 59.6 Å². The molecule has 2 saturated heterocycles. The van der Waals surface area contributed by atoms with Crippen molar-refractivity contribution in [2.75, 3.05) is 13.2 Å². The summed E-state index contributed by atoms with van der Waals surface area (Å²) < 4.78 is 21.5. The minimum atomic E-state index is -1.77. The molecule has 2 aliphatic heterocycles.